The Hall–Kier alpha value is -1.45. The molecular formula is C13H12ClFN2. The van der Waals surface area contributed by atoms with Crippen molar-refractivity contribution in [2.75, 3.05) is 7.05 Å². The number of benzene rings is 1. The number of nitrogens with zero attached hydrogens (tertiary/aromatic N) is 1. The third-order valence-corrected chi connectivity index (χ3v) is 2.81. The molecule has 1 heterocycles. The zero-order valence-electron chi connectivity index (χ0n) is 9.32. The maximum Gasteiger partial charge on any atom is 0.128 e. The SMILES string of the molecule is CNC(c1cccnc1)c1cc(Cl)ccc1F. The normalized spacial score (nSPS) is 12.4. The Morgan fingerprint density at radius 2 is 2.18 bits per heavy atom. The highest BCUT2D eigenvalue weighted by atomic mass is 35.5. The summed E-state index contributed by atoms with van der Waals surface area (Å²) in [6.45, 7) is 0. The predicted molar refractivity (Wildman–Crippen MR) is 66.5 cm³/mol. The average molecular weight is 251 g/mol. The van der Waals surface area contributed by atoms with Crippen LogP contribution in [0.15, 0.2) is 42.7 Å². The summed E-state index contributed by atoms with van der Waals surface area (Å²) >= 11 is 5.90. The highest BCUT2D eigenvalue weighted by Gasteiger charge is 2.16. The van der Waals surface area contributed by atoms with Gasteiger partial charge in [-0.2, -0.15) is 0 Å². The van der Waals surface area contributed by atoms with E-state index in [0.717, 1.165) is 5.56 Å². The van der Waals surface area contributed by atoms with Crippen LogP contribution in [-0.2, 0) is 0 Å². The summed E-state index contributed by atoms with van der Waals surface area (Å²) < 4.78 is 13.8. The molecule has 17 heavy (non-hydrogen) atoms. The number of rotatable bonds is 3. The van der Waals surface area contributed by atoms with E-state index in [0.29, 0.717) is 10.6 Å². The first-order valence-electron chi connectivity index (χ1n) is 5.24. The van der Waals surface area contributed by atoms with E-state index in [4.69, 9.17) is 11.6 Å². The second kappa shape index (κ2) is 5.25. The van der Waals surface area contributed by atoms with Gasteiger partial charge in [-0.05, 0) is 36.9 Å². The van der Waals surface area contributed by atoms with Gasteiger partial charge in [0.1, 0.15) is 5.82 Å². The van der Waals surface area contributed by atoms with Crippen LogP contribution in [0.4, 0.5) is 4.39 Å². The quantitative estimate of drug-likeness (QED) is 0.905. The van der Waals surface area contributed by atoms with Crippen molar-refractivity contribution in [1.82, 2.24) is 10.3 Å². The first-order valence-corrected chi connectivity index (χ1v) is 5.62. The van der Waals surface area contributed by atoms with Crippen LogP contribution < -0.4 is 5.32 Å². The van der Waals surface area contributed by atoms with Gasteiger partial charge in [0.2, 0.25) is 0 Å². The largest absolute Gasteiger partial charge is 0.309 e. The minimum Gasteiger partial charge on any atom is -0.309 e. The topological polar surface area (TPSA) is 24.9 Å². The standard InChI is InChI=1S/C13H12ClFN2/c1-16-13(9-3-2-6-17-8-9)11-7-10(14)4-5-12(11)15/h2-8,13,16H,1H3. The summed E-state index contributed by atoms with van der Waals surface area (Å²) in [7, 11) is 1.78. The smallest absolute Gasteiger partial charge is 0.128 e. The van der Waals surface area contributed by atoms with E-state index in [2.05, 4.69) is 10.3 Å². The zero-order valence-corrected chi connectivity index (χ0v) is 10.1. The monoisotopic (exact) mass is 250 g/mol. The van der Waals surface area contributed by atoms with Gasteiger partial charge in [-0.1, -0.05) is 17.7 Å². The van der Waals surface area contributed by atoms with Crippen molar-refractivity contribution in [3.05, 3.63) is 64.7 Å². The van der Waals surface area contributed by atoms with Gasteiger partial charge >= 0.3 is 0 Å². The summed E-state index contributed by atoms with van der Waals surface area (Å²) in [6.07, 6.45) is 3.39. The molecule has 0 saturated heterocycles. The maximum absolute atomic E-state index is 13.8. The number of aromatic nitrogens is 1. The molecule has 1 aromatic heterocycles. The molecule has 1 unspecified atom stereocenters. The van der Waals surface area contributed by atoms with Crippen molar-refractivity contribution in [3.63, 3.8) is 0 Å². The highest BCUT2D eigenvalue weighted by Crippen LogP contribution is 2.26. The number of hydrogen-bond acceptors (Lipinski definition) is 2. The number of hydrogen-bond donors (Lipinski definition) is 1. The van der Waals surface area contributed by atoms with E-state index in [-0.39, 0.29) is 11.9 Å². The number of pyridine rings is 1. The second-order valence-corrected chi connectivity index (χ2v) is 4.11. The second-order valence-electron chi connectivity index (χ2n) is 3.67. The fourth-order valence-corrected chi connectivity index (χ4v) is 1.96. The molecule has 0 amide bonds. The van der Waals surface area contributed by atoms with Crippen LogP contribution in [-0.4, -0.2) is 12.0 Å². The molecule has 4 heteroatoms. The van der Waals surface area contributed by atoms with Crippen LogP contribution >= 0.6 is 11.6 Å². The van der Waals surface area contributed by atoms with Crippen LogP contribution in [0.2, 0.25) is 5.02 Å². The van der Waals surface area contributed by atoms with Gasteiger partial charge in [0.15, 0.2) is 0 Å². The lowest BCUT2D eigenvalue weighted by Crippen LogP contribution is -2.19. The Morgan fingerprint density at radius 1 is 1.35 bits per heavy atom. The van der Waals surface area contributed by atoms with E-state index in [1.165, 1.54) is 12.1 Å². The lowest BCUT2D eigenvalue weighted by atomic mass is 10.00. The summed E-state index contributed by atoms with van der Waals surface area (Å²) in [5, 5.41) is 3.58. The first-order chi connectivity index (χ1) is 8.22. The average Bonchev–Trinajstić information content (AvgIpc) is 2.36. The van der Waals surface area contributed by atoms with Gasteiger partial charge in [0.05, 0.1) is 6.04 Å². The van der Waals surface area contributed by atoms with Gasteiger partial charge < -0.3 is 5.32 Å². The molecular weight excluding hydrogens is 239 g/mol. The zero-order chi connectivity index (χ0) is 12.3. The third kappa shape index (κ3) is 2.62. The van der Waals surface area contributed by atoms with Gasteiger partial charge in [0.25, 0.3) is 0 Å². The molecule has 88 valence electrons. The number of halogens is 2. The molecule has 2 rings (SSSR count). The van der Waals surface area contributed by atoms with Crippen LogP contribution in [0.3, 0.4) is 0 Å². The Labute approximate surface area is 104 Å². The first kappa shape index (κ1) is 12.0. The highest BCUT2D eigenvalue weighted by molar-refractivity contribution is 6.30. The Kier molecular flexibility index (Phi) is 3.71. The van der Waals surface area contributed by atoms with Crippen LogP contribution in [0.25, 0.3) is 0 Å². The fraction of sp³-hybridized carbons (Fsp3) is 0.154. The van der Waals surface area contributed by atoms with Crippen LogP contribution in [0.1, 0.15) is 17.2 Å². The van der Waals surface area contributed by atoms with Gasteiger partial charge in [-0.3, -0.25) is 4.98 Å². The van der Waals surface area contributed by atoms with Crippen LogP contribution in [0, 0.1) is 5.82 Å². The molecule has 1 aromatic carbocycles. The van der Waals surface area contributed by atoms with Crippen LogP contribution in [0.5, 0.6) is 0 Å². The molecule has 2 aromatic rings. The van der Waals surface area contributed by atoms with Crippen molar-refractivity contribution in [2.24, 2.45) is 0 Å². The lowest BCUT2D eigenvalue weighted by molar-refractivity contribution is 0.575. The Morgan fingerprint density at radius 3 is 2.82 bits per heavy atom. The maximum atomic E-state index is 13.8. The summed E-state index contributed by atoms with van der Waals surface area (Å²) in [5.41, 5.74) is 1.42. The molecule has 0 spiro atoms. The third-order valence-electron chi connectivity index (χ3n) is 2.58. The van der Waals surface area contributed by atoms with Crippen molar-refractivity contribution >= 4 is 11.6 Å². The van der Waals surface area contributed by atoms with Crippen molar-refractivity contribution in [1.29, 1.82) is 0 Å². The van der Waals surface area contributed by atoms with E-state index >= 15 is 0 Å². The molecule has 2 nitrogen and oxygen atoms in total. The molecule has 0 aliphatic carbocycles. The van der Waals surface area contributed by atoms with Gasteiger partial charge in [-0.15, -0.1) is 0 Å². The van der Waals surface area contributed by atoms with Crippen molar-refractivity contribution in [3.8, 4) is 0 Å². The predicted octanol–water partition coefficient (Wildman–Crippen LogP) is 3.18. The molecule has 0 bridgehead atoms. The molecule has 0 radical (unpaired) electrons. The lowest BCUT2D eigenvalue weighted by Gasteiger charge is -2.17. The summed E-state index contributed by atoms with van der Waals surface area (Å²) in [6, 6.07) is 8.01. The van der Waals surface area contributed by atoms with Gasteiger partial charge in [-0.25, -0.2) is 4.39 Å². The molecule has 0 fully saturated rings. The van der Waals surface area contributed by atoms with Crippen molar-refractivity contribution < 1.29 is 4.39 Å². The molecule has 0 aliphatic heterocycles. The Balaban J connectivity index is 2.46. The number of nitrogens with one attached hydrogen (secondary N) is 1. The van der Waals surface area contributed by atoms with Crippen molar-refractivity contribution in [2.45, 2.75) is 6.04 Å². The minimum atomic E-state index is -0.280. The fourth-order valence-electron chi connectivity index (χ4n) is 1.78. The van der Waals surface area contributed by atoms with E-state index < -0.39 is 0 Å². The Bertz CT molecular complexity index is 502. The van der Waals surface area contributed by atoms with Gasteiger partial charge in [0, 0.05) is 23.0 Å². The van der Waals surface area contributed by atoms with E-state index in [1.54, 1.807) is 25.5 Å². The summed E-state index contributed by atoms with van der Waals surface area (Å²) in [5.74, 6) is -0.280. The minimum absolute atomic E-state index is 0.248. The van der Waals surface area contributed by atoms with E-state index in [9.17, 15) is 4.39 Å². The summed E-state index contributed by atoms with van der Waals surface area (Å²) in [4.78, 5) is 4.04. The van der Waals surface area contributed by atoms with E-state index in [1.807, 2.05) is 12.1 Å². The molecule has 1 atom stereocenters. The molecule has 1 N–H and O–H groups in total. The molecule has 0 aliphatic rings. The molecule has 0 saturated carbocycles.